The number of hydrogen-bond donors (Lipinski definition) is 3. The molecule has 0 aliphatic heterocycles. The number of rotatable bonds is 10. The third-order valence-electron chi connectivity index (χ3n) is 7.38. The molecule has 0 bridgehead atoms. The standard InChI is InChI=1S/C28H32F2N4O4/c29-28(30)14-10-20(11-15-28)24(36)34-27(12-6-13-27)26(38)33-22(17-19-7-2-1-3-8-19)23(35)25(37)32-18-21-9-4-5-16-31-21/h1-5,7-9,16,20,22H,6,10-15,17-18H2,(H,32,37)(H,33,38)(H,34,36)/t22-/m1/s1. The Balaban J connectivity index is 1.43. The third kappa shape index (κ3) is 6.79. The van der Waals surface area contributed by atoms with E-state index in [-0.39, 0.29) is 38.6 Å². The highest BCUT2D eigenvalue weighted by Gasteiger charge is 2.48. The number of nitrogens with one attached hydrogen (secondary N) is 3. The highest BCUT2D eigenvalue weighted by atomic mass is 19.3. The number of carbonyl (C=O) groups excluding carboxylic acids is 4. The smallest absolute Gasteiger partial charge is 0.289 e. The lowest BCUT2D eigenvalue weighted by molar-refractivity contribution is -0.144. The number of Topliss-reactive ketones (excluding diaryl/α,β-unsaturated/α-hetero) is 1. The lowest BCUT2D eigenvalue weighted by atomic mass is 9.74. The lowest BCUT2D eigenvalue weighted by Gasteiger charge is -2.42. The predicted octanol–water partition coefficient (Wildman–Crippen LogP) is 2.86. The molecule has 1 heterocycles. The number of nitrogens with zero attached hydrogens (tertiary/aromatic N) is 1. The molecule has 4 rings (SSSR count). The minimum absolute atomic E-state index is 0.0534. The first-order chi connectivity index (χ1) is 18.2. The van der Waals surface area contributed by atoms with Crippen LogP contribution in [0.1, 0.15) is 56.2 Å². The molecule has 1 aromatic heterocycles. The van der Waals surface area contributed by atoms with Crippen molar-refractivity contribution in [2.24, 2.45) is 5.92 Å². The largest absolute Gasteiger partial charge is 0.344 e. The molecular formula is C28H32F2N4O4. The highest BCUT2D eigenvalue weighted by Crippen LogP contribution is 2.38. The number of hydrogen-bond acceptors (Lipinski definition) is 5. The highest BCUT2D eigenvalue weighted by molar-refractivity contribution is 6.38. The van der Waals surface area contributed by atoms with Crippen LogP contribution in [-0.2, 0) is 32.1 Å². The van der Waals surface area contributed by atoms with Crippen LogP contribution in [0.15, 0.2) is 54.7 Å². The van der Waals surface area contributed by atoms with Crippen LogP contribution < -0.4 is 16.0 Å². The fourth-order valence-electron chi connectivity index (χ4n) is 4.85. The topological polar surface area (TPSA) is 117 Å². The molecule has 2 aliphatic rings. The number of carbonyl (C=O) groups is 4. The van der Waals surface area contributed by atoms with Crippen molar-refractivity contribution in [2.75, 3.05) is 0 Å². The molecule has 0 unspecified atom stereocenters. The van der Waals surface area contributed by atoms with Crippen molar-refractivity contribution >= 4 is 23.5 Å². The number of pyridine rings is 1. The van der Waals surface area contributed by atoms with Crippen molar-refractivity contribution in [3.05, 3.63) is 66.0 Å². The molecule has 202 valence electrons. The van der Waals surface area contributed by atoms with E-state index in [9.17, 15) is 28.0 Å². The summed E-state index contributed by atoms with van der Waals surface area (Å²) in [6.45, 7) is 0.0534. The number of alkyl halides is 2. The van der Waals surface area contributed by atoms with E-state index in [1.807, 2.05) is 6.07 Å². The second kappa shape index (κ2) is 11.8. The average molecular weight is 527 g/mol. The maximum Gasteiger partial charge on any atom is 0.289 e. The first kappa shape index (κ1) is 27.3. The van der Waals surface area contributed by atoms with Gasteiger partial charge in [0.1, 0.15) is 11.6 Å². The molecule has 2 aliphatic carbocycles. The Morgan fingerprint density at radius 3 is 2.24 bits per heavy atom. The van der Waals surface area contributed by atoms with Crippen LogP contribution in [0.2, 0.25) is 0 Å². The number of amides is 3. The van der Waals surface area contributed by atoms with E-state index >= 15 is 0 Å². The molecule has 3 N–H and O–H groups in total. The summed E-state index contributed by atoms with van der Waals surface area (Å²) in [6.07, 6.45) is 2.49. The summed E-state index contributed by atoms with van der Waals surface area (Å²) in [7, 11) is 0. The van der Waals surface area contributed by atoms with Crippen LogP contribution in [0.4, 0.5) is 8.78 Å². The zero-order chi connectivity index (χ0) is 27.2. The van der Waals surface area contributed by atoms with Crippen molar-refractivity contribution in [1.82, 2.24) is 20.9 Å². The third-order valence-corrected chi connectivity index (χ3v) is 7.38. The minimum atomic E-state index is -2.76. The summed E-state index contributed by atoms with van der Waals surface area (Å²) in [4.78, 5) is 56.3. The molecule has 0 spiro atoms. The Bertz CT molecular complexity index is 1150. The molecule has 0 radical (unpaired) electrons. The predicted molar refractivity (Wildman–Crippen MR) is 135 cm³/mol. The van der Waals surface area contributed by atoms with Crippen LogP contribution in [-0.4, -0.2) is 46.0 Å². The fraction of sp³-hybridized carbons (Fsp3) is 0.464. The SMILES string of the molecule is O=C(NCc1ccccn1)C(=O)[C@@H](Cc1ccccc1)NC(=O)C1(NC(=O)C2CCC(F)(F)CC2)CCC1. The van der Waals surface area contributed by atoms with Crippen molar-refractivity contribution in [3.8, 4) is 0 Å². The summed E-state index contributed by atoms with van der Waals surface area (Å²) in [6, 6.07) is 13.0. The van der Waals surface area contributed by atoms with E-state index in [2.05, 4.69) is 20.9 Å². The summed E-state index contributed by atoms with van der Waals surface area (Å²) in [5, 5.41) is 8.06. The number of benzene rings is 1. The molecule has 1 aromatic carbocycles. The van der Waals surface area contributed by atoms with E-state index in [0.717, 1.165) is 5.56 Å². The zero-order valence-corrected chi connectivity index (χ0v) is 21.1. The van der Waals surface area contributed by atoms with Gasteiger partial charge in [0.25, 0.3) is 5.91 Å². The van der Waals surface area contributed by atoms with Crippen LogP contribution in [0.3, 0.4) is 0 Å². The molecule has 0 saturated heterocycles. The zero-order valence-electron chi connectivity index (χ0n) is 21.1. The Hall–Kier alpha value is -3.69. The quantitative estimate of drug-likeness (QED) is 0.412. The van der Waals surface area contributed by atoms with Gasteiger partial charge in [-0.3, -0.25) is 24.2 Å². The average Bonchev–Trinajstić information content (AvgIpc) is 2.89. The van der Waals surface area contributed by atoms with Crippen molar-refractivity contribution < 1.29 is 28.0 Å². The molecule has 38 heavy (non-hydrogen) atoms. The fourth-order valence-corrected chi connectivity index (χ4v) is 4.85. The second-order valence-electron chi connectivity index (χ2n) is 10.1. The van der Waals surface area contributed by atoms with Crippen LogP contribution in [0.25, 0.3) is 0 Å². The van der Waals surface area contributed by atoms with E-state index < -0.39 is 46.9 Å². The van der Waals surface area contributed by atoms with Gasteiger partial charge in [0.2, 0.25) is 23.5 Å². The second-order valence-corrected chi connectivity index (χ2v) is 10.1. The van der Waals surface area contributed by atoms with E-state index in [0.29, 0.717) is 25.0 Å². The number of halogens is 2. The molecule has 3 amide bonds. The minimum Gasteiger partial charge on any atom is -0.344 e. The molecule has 1 atom stereocenters. The summed E-state index contributed by atoms with van der Waals surface area (Å²) in [5.74, 6) is -5.98. The molecule has 2 saturated carbocycles. The normalized spacial score (nSPS) is 18.9. The van der Waals surface area contributed by atoms with Crippen molar-refractivity contribution in [3.63, 3.8) is 0 Å². The number of ketones is 1. The summed E-state index contributed by atoms with van der Waals surface area (Å²) < 4.78 is 27.1. The van der Waals surface area contributed by atoms with Gasteiger partial charge in [-0.1, -0.05) is 36.4 Å². The Morgan fingerprint density at radius 2 is 1.63 bits per heavy atom. The molecule has 2 fully saturated rings. The van der Waals surface area contributed by atoms with Gasteiger partial charge in [0, 0.05) is 31.4 Å². The maximum atomic E-state index is 13.5. The maximum absolute atomic E-state index is 13.5. The van der Waals surface area contributed by atoms with Crippen LogP contribution in [0.5, 0.6) is 0 Å². The van der Waals surface area contributed by atoms with Crippen LogP contribution >= 0.6 is 0 Å². The first-order valence-corrected chi connectivity index (χ1v) is 12.9. The van der Waals surface area contributed by atoms with Gasteiger partial charge in [0.15, 0.2) is 0 Å². The number of aromatic nitrogens is 1. The Morgan fingerprint density at radius 1 is 0.947 bits per heavy atom. The van der Waals surface area contributed by atoms with Gasteiger partial charge in [0.05, 0.1) is 12.2 Å². The Kier molecular flexibility index (Phi) is 8.48. The van der Waals surface area contributed by atoms with Gasteiger partial charge in [-0.25, -0.2) is 8.78 Å². The molecule has 8 nitrogen and oxygen atoms in total. The van der Waals surface area contributed by atoms with Crippen molar-refractivity contribution in [2.45, 2.75) is 75.4 Å². The Labute approximate surface area is 220 Å². The van der Waals surface area contributed by atoms with Gasteiger partial charge < -0.3 is 16.0 Å². The van der Waals surface area contributed by atoms with Gasteiger partial charge >= 0.3 is 0 Å². The molecule has 10 heteroatoms. The van der Waals surface area contributed by atoms with Gasteiger partial charge in [-0.15, -0.1) is 0 Å². The van der Waals surface area contributed by atoms with Crippen molar-refractivity contribution in [1.29, 1.82) is 0 Å². The first-order valence-electron chi connectivity index (χ1n) is 12.9. The molecular weight excluding hydrogens is 494 g/mol. The lowest BCUT2D eigenvalue weighted by Crippen LogP contribution is -2.66. The van der Waals surface area contributed by atoms with Crippen LogP contribution in [0, 0.1) is 5.92 Å². The molecule has 2 aromatic rings. The summed E-state index contributed by atoms with van der Waals surface area (Å²) in [5.41, 5.74) is 0.101. The van der Waals surface area contributed by atoms with Gasteiger partial charge in [-0.2, -0.15) is 0 Å². The van der Waals surface area contributed by atoms with Gasteiger partial charge in [-0.05, 0) is 49.8 Å². The van der Waals surface area contributed by atoms with E-state index in [4.69, 9.17) is 0 Å². The monoisotopic (exact) mass is 526 g/mol. The summed E-state index contributed by atoms with van der Waals surface area (Å²) >= 11 is 0. The van der Waals surface area contributed by atoms with E-state index in [1.54, 1.807) is 48.7 Å². The van der Waals surface area contributed by atoms with E-state index in [1.165, 1.54) is 0 Å².